The maximum Gasteiger partial charge on any atom is 0.240 e. The van der Waals surface area contributed by atoms with E-state index >= 15 is 0 Å². The second kappa shape index (κ2) is 5.29. The summed E-state index contributed by atoms with van der Waals surface area (Å²) in [6, 6.07) is 3.80. The predicted molar refractivity (Wildman–Crippen MR) is 75.2 cm³/mol. The second-order valence-corrected chi connectivity index (χ2v) is 6.40. The van der Waals surface area contributed by atoms with Crippen molar-refractivity contribution in [1.29, 1.82) is 0 Å². The average molecular weight is 261 g/mol. The van der Waals surface area contributed by atoms with Crippen molar-refractivity contribution < 1.29 is 4.79 Å². The van der Waals surface area contributed by atoms with Gasteiger partial charge in [0.15, 0.2) is 0 Å². The first-order valence-corrected chi connectivity index (χ1v) is 6.84. The minimum Gasteiger partial charge on any atom is -0.334 e. The molecule has 1 amide bonds. The topological polar surface area (TPSA) is 59.2 Å². The molecular weight excluding hydrogens is 238 g/mol. The van der Waals surface area contributed by atoms with Gasteiger partial charge in [0.25, 0.3) is 0 Å². The molecule has 1 aliphatic rings. The normalized spacial score (nSPS) is 17.1. The van der Waals surface area contributed by atoms with Crippen molar-refractivity contribution in [3.63, 3.8) is 0 Å². The standard InChI is InChI=1S/C15H23N3O/c1-15(2,3)13(16)14(19)18(12-6-7-12)10-11-5-4-8-17-9-11/h4-5,8-9,12-13H,6-7,10,16H2,1-3H3/t13-/m0/s1. The monoisotopic (exact) mass is 261 g/mol. The molecule has 19 heavy (non-hydrogen) atoms. The fraction of sp³-hybridized carbons (Fsp3) is 0.600. The molecule has 1 aliphatic carbocycles. The summed E-state index contributed by atoms with van der Waals surface area (Å²) in [4.78, 5) is 18.6. The van der Waals surface area contributed by atoms with Crippen LogP contribution in [0.5, 0.6) is 0 Å². The summed E-state index contributed by atoms with van der Waals surface area (Å²) in [5.41, 5.74) is 6.96. The summed E-state index contributed by atoms with van der Waals surface area (Å²) < 4.78 is 0. The molecule has 2 N–H and O–H groups in total. The van der Waals surface area contributed by atoms with Gasteiger partial charge in [0, 0.05) is 25.0 Å². The van der Waals surface area contributed by atoms with Crippen molar-refractivity contribution in [3.8, 4) is 0 Å². The molecule has 104 valence electrons. The maximum atomic E-state index is 12.6. The summed E-state index contributed by atoms with van der Waals surface area (Å²) in [6.45, 7) is 6.63. The molecule has 0 bridgehead atoms. The van der Waals surface area contributed by atoms with E-state index in [1.54, 1.807) is 6.20 Å². The Morgan fingerprint density at radius 1 is 1.53 bits per heavy atom. The highest BCUT2D eigenvalue weighted by molar-refractivity contribution is 5.83. The maximum absolute atomic E-state index is 12.6. The van der Waals surface area contributed by atoms with Gasteiger partial charge in [0.1, 0.15) is 0 Å². The molecule has 0 aromatic carbocycles. The van der Waals surface area contributed by atoms with Crippen LogP contribution in [0, 0.1) is 5.41 Å². The van der Waals surface area contributed by atoms with Gasteiger partial charge in [0.2, 0.25) is 5.91 Å². The molecule has 2 rings (SSSR count). The Balaban J connectivity index is 2.10. The van der Waals surface area contributed by atoms with E-state index in [2.05, 4.69) is 4.98 Å². The molecule has 1 atom stereocenters. The van der Waals surface area contributed by atoms with Crippen molar-refractivity contribution in [2.24, 2.45) is 11.1 Å². The number of pyridine rings is 1. The average Bonchev–Trinajstić information content (AvgIpc) is 3.18. The van der Waals surface area contributed by atoms with Crippen LogP contribution in [0.25, 0.3) is 0 Å². The zero-order chi connectivity index (χ0) is 14.0. The Kier molecular flexibility index (Phi) is 3.90. The van der Waals surface area contributed by atoms with Gasteiger partial charge in [0.05, 0.1) is 6.04 Å². The summed E-state index contributed by atoms with van der Waals surface area (Å²) in [7, 11) is 0. The van der Waals surface area contributed by atoms with E-state index in [1.165, 1.54) is 0 Å². The second-order valence-electron chi connectivity index (χ2n) is 6.40. The largest absolute Gasteiger partial charge is 0.334 e. The van der Waals surface area contributed by atoms with Crippen LogP contribution in [0.3, 0.4) is 0 Å². The van der Waals surface area contributed by atoms with Crippen molar-refractivity contribution in [2.75, 3.05) is 0 Å². The van der Waals surface area contributed by atoms with Crippen LogP contribution < -0.4 is 5.73 Å². The van der Waals surface area contributed by atoms with Gasteiger partial charge in [-0.05, 0) is 29.9 Å². The molecule has 0 unspecified atom stereocenters. The van der Waals surface area contributed by atoms with E-state index < -0.39 is 6.04 Å². The number of rotatable bonds is 4. The molecule has 4 heteroatoms. The predicted octanol–water partition coefficient (Wildman–Crippen LogP) is 1.95. The van der Waals surface area contributed by atoms with E-state index in [0.717, 1.165) is 18.4 Å². The number of hydrogen-bond donors (Lipinski definition) is 1. The van der Waals surface area contributed by atoms with Gasteiger partial charge >= 0.3 is 0 Å². The van der Waals surface area contributed by atoms with Gasteiger partial charge in [-0.25, -0.2) is 0 Å². The van der Waals surface area contributed by atoms with Crippen LogP contribution in [0.1, 0.15) is 39.2 Å². The molecule has 0 radical (unpaired) electrons. The Hall–Kier alpha value is -1.42. The molecule has 0 aliphatic heterocycles. The highest BCUT2D eigenvalue weighted by atomic mass is 16.2. The van der Waals surface area contributed by atoms with Crippen LogP contribution in [-0.2, 0) is 11.3 Å². The summed E-state index contributed by atoms with van der Waals surface area (Å²) in [5.74, 6) is 0.0545. The van der Waals surface area contributed by atoms with E-state index in [0.29, 0.717) is 12.6 Å². The first-order chi connectivity index (χ1) is 8.89. The fourth-order valence-electron chi connectivity index (χ4n) is 2.01. The lowest BCUT2D eigenvalue weighted by Crippen LogP contribution is -2.50. The molecule has 1 fully saturated rings. The molecule has 1 saturated carbocycles. The summed E-state index contributed by atoms with van der Waals surface area (Å²) in [5, 5.41) is 0. The molecule has 1 heterocycles. The van der Waals surface area contributed by atoms with Gasteiger partial charge in [-0.2, -0.15) is 0 Å². The lowest BCUT2D eigenvalue weighted by atomic mass is 9.86. The highest BCUT2D eigenvalue weighted by Crippen LogP contribution is 2.30. The SMILES string of the molecule is CC(C)(C)[C@@H](N)C(=O)N(Cc1cccnc1)C1CC1. The molecule has 4 nitrogen and oxygen atoms in total. The number of aromatic nitrogens is 1. The number of nitrogens with zero attached hydrogens (tertiary/aromatic N) is 2. The Bertz CT molecular complexity index is 434. The zero-order valence-electron chi connectivity index (χ0n) is 12.0. The Morgan fingerprint density at radius 2 is 2.21 bits per heavy atom. The zero-order valence-corrected chi connectivity index (χ0v) is 12.0. The number of hydrogen-bond acceptors (Lipinski definition) is 3. The molecule has 1 aromatic rings. The first kappa shape index (κ1) is 14.0. The summed E-state index contributed by atoms with van der Waals surface area (Å²) in [6.07, 6.45) is 5.73. The third kappa shape index (κ3) is 3.53. The molecule has 0 spiro atoms. The van der Waals surface area contributed by atoms with E-state index in [-0.39, 0.29) is 11.3 Å². The smallest absolute Gasteiger partial charge is 0.240 e. The quantitative estimate of drug-likeness (QED) is 0.901. The third-order valence-electron chi connectivity index (χ3n) is 3.55. The van der Waals surface area contributed by atoms with E-state index in [4.69, 9.17) is 5.73 Å². The summed E-state index contributed by atoms with van der Waals surface area (Å²) >= 11 is 0. The van der Waals surface area contributed by atoms with Gasteiger partial charge in [-0.3, -0.25) is 9.78 Å². The van der Waals surface area contributed by atoms with Crippen molar-refractivity contribution in [3.05, 3.63) is 30.1 Å². The third-order valence-corrected chi connectivity index (χ3v) is 3.55. The van der Waals surface area contributed by atoms with Crippen LogP contribution in [0.4, 0.5) is 0 Å². The highest BCUT2D eigenvalue weighted by Gasteiger charge is 2.38. The number of carbonyl (C=O) groups excluding carboxylic acids is 1. The Morgan fingerprint density at radius 3 is 2.68 bits per heavy atom. The lowest BCUT2D eigenvalue weighted by Gasteiger charge is -2.32. The lowest BCUT2D eigenvalue weighted by molar-refractivity contribution is -0.136. The fourth-order valence-corrected chi connectivity index (χ4v) is 2.01. The molecule has 0 saturated heterocycles. The Labute approximate surface area is 115 Å². The van der Waals surface area contributed by atoms with E-state index in [9.17, 15) is 4.79 Å². The van der Waals surface area contributed by atoms with Gasteiger partial charge < -0.3 is 10.6 Å². The minimum absolute atomic E-state index is 0.0545. The van der Waals surface area contributed by atoms with Crippen molar-refractivity contribution in [1.82, 2.24) is 9.88 Å². The van der Waals surface area contributed by atoms with E-state index in [1.807, 2.05) is 44.0 Å². The number of carbonyl (C=O) groups is 1. The van der Waals surface area contributed by atoms with Crippen LogP contribution in [-0.4, -0.2) is 27.9 Å². The van der Waals surface area contributed by atoms with Crippen molar-refractivity contribution >= 4 is 5.91 Å². The van der Waals surface area contributed by atoms with Gasteiger partial charge in [-0.15, -0.1) is 0 Å². The minimum atomic E-state index is -0.454. The first-order valence-electron chi connectivity index (χ1n) is 6.84. The molecule has 1 aromatic heterocycles. The van der Waals surface area contributed by atoms with Crippen LogP contribution >= 0.6 is 0 Å². The number of amides is 1. The van der Waals surface area contributed by atoms with Crippen LogP contribution in [0.15, 0.2) is 24.5 Å². The van der Waals surface area contributed by atoms with Crippen LogP contribution in [0.2, 0.25) is 0 Å². The number of nitrogens with two attached hydrogens (primary N) is 1. The van der Waals surface area contributed by atoms with Crippen molar-refractivity contribution in [2.45, 2.75) is 52.2 Å². The molecular formula is C15H23N3O. The van der Waals surface area contributed by atoms with Gasteiger partial charge in [-0.1, -0.05) is 26.8 Å².